The molecule has 3 aliphatic heterocycles. The Hall–Kier alpha value is -2.56. The zero-order valence-electron chi connectivity index (χ0n) is 15.4. The number of ether oxygens (including phenoxy) is 1. The fourth-order valence-electron chi connectivity index (χ4n) is 3.82. The molecule has 2 amide bonds. The van der Waals surface area contributed by atoms with Crippen molar-refractivity contribution in [3.63, 3.8) is 0 Å². The number of benzene rings is 1. The van der Waals surface area contributed by atoms with Crippen LogP contribution in [0.5, 0.6) is 5.75 Å². The Morgan fingerprint density at radius 1 is 1.31 bits per heavy atom. The number of fused-ring (bicyclic) bond motifs is 1. The van der Waals surface area contributed by atoms with Crippen LogP contribution in [0.25, 0.3) is 0 Å². The molecule has 0 unspecified atom stereocenters. The third kappa shape index (κ3) is 3.47. The van der Waals surface area contributed by atoms with E-state index in [0.29, 0.717) is 23.5 Å². The number of thioether (sulfide) groups is 1. The van der Waals surface area contributed by atoms with Crippen molar-refractivity contribution < 1.29 is 29.3 Å². The summed E-state index contributed by atoms with van der Waals surface area (Å²) in [4.78, 5) is 38.3. The van der Waals surface area contributed by atoms with E-state index in [9.17, 15) is 24.6 Å². The van der Waals surface area contributed by atoms with Crippen molar-refractivity contribution in [1.82, 2.24) is 10.2 Å². The second kappa shape index (κ2) is 7.69. The van der Waals surface area contributed by atoms with Crippen LogP contribution in [0.1, 0.15) is 24.4 Å². The number of aliphatic carboxylic acids is 1. The molecule has 10 heteroatoms. The number of carbonyl (C=O) groups is 3. The first-order chi connectivity index (χ1) is 13.9. The molecule has 3 heterocycles. The van der Waals surface area contributed by atoms with Gasteiger partial charge in [-0.05, 0) is 36.1 Å². The van der Waals surface area contributed by atoms with Gasteiger partial charge in [-0.3, -0.25) is 14.5 Å². The second-order valence-corrected chi connectivity index (χ2v) is 8.25. The number of rotatable bonds is 5. The molecule has 0 saturated carbocycles. The maximum atomic E-state index is 12.7. The Morgan fingerprint density at radius 2 is 2.03 bits per heavy atom. The number of nitrogens with two attached hydrogens (primary N) is 1. The van der Waals surface area contributed by atoms with E-state index in [4.69, 9.17) is 10.5 Å². The molecule has 4 rings (SSSR count). The fraction of sp³-hybridized carbons (Fsp3) is 0.421. The van der Waals surface area contributed by atoms with Crippen LogP contribution < -0.4 is 11.1 Å². The molecule has 2 fully saturated rings. The molecule has 4 atom stereocenters. The minimum Gasteiger partial charge on any atom is -0.508 e. The molecule has 2 saturated heterocycles. The molecule has 1 aromatic rings. The summed E-state index contributed by atoms with van der Waals surface area (Å²) in [6, 6.07) is 4.06. The van der Waals surface area contributed by atoms with Crippen LogP contribution in [0.4, 0.5) is 0 Å². The van der Waals surface area contributed by atoms with Gasteiger partial charge in [-0.25, -0.2) is 4.79 Å². The van der Waals surface area contributed by atoms with Crippen molar-refractivity contribution in [2.24, 2.45) is 5.73 Å². The highest BCUT2D eigenvalue weighted by molar-refractivity contribution is 8.00. The van der Waals surface area contributed by atoms with Gasteiger partial charge in [0.15, 0.2) is 0 Å². The summed E-state index contributed by atoms with van der Waals surface area (Å²) in [6.45, 7) is 0.580. The van der Waals surface area contributed by atoms with E-state index in [1.807, 2.05) is 0 Å². The van der Waals surface area contributed by atoms with Gasteiger partial charge >= 0.3 is 5.97 Å². The Balaban J connectivity index is 1.49. The highest BCUT2D eigenvalue weighted by Crippen LogP contribution is 2.42. The van der Waals surface area contributed by atoms with Crippen LogP contribution in [0, 0.1) is 0 Å². The zero-order chi connectivity index (χ0) is 20.7. The van der Waals surface area contributed by atoms with Crippen molar-refractivity contribution in [1.29, 1.82) is 0 Å². The molecule has 0 aromatic heterocycles. The van der Waals surface area contributed by atoms with E-state index >= 15 is 0 Å². The Labute approximate surface area is 170 Å². The standard InChI is InChI=1S/C19H21N3O6S/c20-13(9-3-5-10(23)6-4-9)16(24)21-14-17(25)22-15(19(26)27)11(8-29-18(14)22)12-2-1-7-28-12/h3-6,12-14,18,23H,1-2,7-8,20H2,(H,21,24)(H,26,27)/t12-,13+,14+,18+/m0/s1. The highest BCUT2D eigenvalue weighted by atomic mass is 32.2. The Kier molecular flexibility index (Phi) is 5.24. The molecular weight excluding hydrogens is 398 g/mol. The molecule has 154 valence electrons. The smallest absolute Gasteiger partial charge is 0.352 e. The van der Waals surface area contributed by atoms with Crippen molar-refractivity contribution in [2.75, 3.05) is 12.4 Å². The summed E-state index contributed by atoms with van der Waals surface area (Å²) < 4.78 is 5.62. The number of aromatic hydroxyl groups is 1. The first-order valence-electron chi connectivity index (χ1n) is 9.26. The lowest BCUT2D eigenvalue weighted by atomic mass is 9.98. The third-order valence-corrected chi connectivity index (χ3v) is 6.65. The molecule has 29 heavy (non-hydrogen) atoms. The van der Waals surface area contributed by atoms with Crippen molar-refractivity contribution in [3.05, 3.63) is 41.1 Å². The molecule has 0 spiro atoms. The maximum Gasteiger partial charge on any atom is 0.352 e. The summed E-state index contributed by atoms with van der Waals surface area (Å²) in [5, 5.41) is 21.2. The number of carbonyl (C=O) groups excluding carboxylic acids is 2. The van der Waals surface area contributed by atoms with Gasteiger partial charge in [0.2, 0.25) is 5.91 Å². The first kappa shape index (κ1) is 19.7. The molecule has 1 aromatic carbocycles. The predicted molar refractivity (Wildman–Crippen MR) is 104 cm³/mol. The molecule has 5 N–H and O–H groups in total. The van der Waals surface area contributed by atoms with E-state index in [1.165, 1.54) is 40.9 Å². The number of carboxylic acids is 1. The zero-order valence-corrected chi connectivity index (χ0v) is 16.2. The minimum absolute atomic E-state index is 0.0287. The largest absolute Gasteiger partial charge is 0.508 e. The number of nitrogens with one attached hydrogen (secondary N) is 1. The highest BCUT2D eigenvalue weighted by Gasteiger charge is 2.55. The number of phenols is 1. The van der Waals surface area contributed by atoms with E-state index < -0.39 is 35.2 Å². The number of nitrogens with zero attached hydrogens (tertiary/aromatic N) is 1. The van der Waals surface area contributed by atoms with Gasteiger partial charge in [0.25, 0.3) is 5.91 Å². The first-order valence-corrected chi connectivity index (χ1v) is 10.3. The van der Waals surface area contributed by atoms with Crippen LogP contribution in [0.15, 0.2) is 35.5 Å². The van der Waals surface area contributed by atoms with Crippen LogP contribution >= 0.6 is 11.8 Å². The second-order valence-electron chi connectivity index (χ2n) is 7.15. The lowest BCUT2D eigenvalue weighted by Crippen LogP contribution is -2.71. The van der Waals surface area contributed by atoms with Gasteiger partial charge in [0.1, 0.15) is 28.9 Å². The van der Waals surface area contributed by atoms with Crippen LogP contribution in [0.2, 0.25) is 0 Å². The van der Waals surface area contributed by atoms with Crippen molar-refractivity contribution in [3.8, 4) is 5.75 Å². The third-order valence-electron chi connectivity index (χ3n) is 5.35. The number of phenolic OH excluding ortho intramolecular Hbond substituents is 1. The van der Waals surface area contributed by atoms with Gasteiger partial charge in [-0.15, -0.1) is 11.8 Å². The van der Waals surface area contributed by atoms with Crippen molar-refractivity contribution in [2.45, 2.75) is 36.4 Å². The van der Waals surface area contributed by atoms with Gasteiger partial charge in [-0.2, -0.15) is 0 Å². The van der Waals surface area contributed by atoms with Crippen LogP contribution in [-0.4, -0.2) is 62.8 Å². The van der Waals surface area contributed by atoms with Gasteiger partial charge in [0, 0.05) is 12.4 Å². The van der Waals surface area contributed by atoms with Crippen LogP contribution in [0.3, 0.4) is 0 Å². The molecule has 0 radical (unpaired) electrons. The summed E-state index contributed by atoms with van der Waals surface area (Å²) in [5.74, 6) is -1.70. The summed E-state index contributed by atoms with van der Waals surface area (Å²) in [5.41, 5.74) is 7.05. The molecule has 0 bridgehead atoms. The number of carboxylic acid groups (broad SMARTS) is 1. The van der Waals surface area contributed by atoms with E-state index in [2.05, 4.69) is 5.32 Å². The molecule has 0 aliphatic carbocycles. The average Bonchev–Trinajstić information content (AvgIpc) is 3.25. The lowest BCUT2D eigenvalue weighted by Gasteiger charge is -2.50. The van der Waals surface area contributed by atoms with Crippen molar-refractivity contribution >= 4 is 29.5 Å². The Morgan fingerprint density at radius 3 is 2.66 bits per heavy atom. The van der Waals surface area contributed by atoms with E-state index in [1.54, 1.807) is 0 Å². The number of hydrogen-bond donors (Lipinski definition) is 4. The normalized spacial score (nSPS) is 27.3. The summed E-state index contributed by atoms with van der Waals surface area (Å²) in [7, 11) is 0. The lowest BCUT2D eigenvalue weighted by molar-refractivity contribution is -0.151. The minimum atomic E-state index is -1.17. The SMILES string of the molecule is N[C@@H](C(=O)N[C@@H]1C(=O)N2C(C(=O)O)=C([C@@H]3CCCO3)CS[C@H]12)c1ccc(O)cc1. The van der Waals surface area contributed by atoms with E-state index in [-0.39, 0.29) is 17.6 Å². The van der Waals surface area contributed by atoms with Crippen LogP contribution in [-0.2, 0) is 19.1 Å². The van der Waals surface area contributed by atoms with Gasteiger partial charge in [-0.1, -0.05) is 12.1 Å². The van der Waals surface area contributed by atoms with Gasteiger partial charge in [0.05, 0.1) is 6.10 Å². The fourth-order valence-corrected chi connectivity index (χ4v) is 5.23. The predicted octanol–water partition coefficient (Wildman–Crippen LogP) is 0.310. The molecule has 9 nitrogen and oxygen atoms in total. The summed E-state index contributed by atoms with van der Waals surface area (Å²) >= 11 is 1.41. The number of hydrogen-bond acceptors (Lipinski definition) is 7. The molecular formula is C19H21N3O6S. The number of β-lactam (4-membered cyclic amide) rings is 1. The monoisotopic (exact) mass is 419 g/mol. The van der Waals surface area contributed by atoms with Gasteiger partial charge < -0.3 is 26.0 Å². The summed E-state index contributed by atoms with van der Waals surface area (Å²) in [6.07, 6.45) is 1.32. The molecule has 3 aliphatic rings. The van der Waals surface area contributed by atoms with E-state index in [0.717, 1.165) is 12.8 Å². The topological polar surface area (TPSA) is 142 Å². The number of amides is 2. The quantitative estimate of drug-likeness (QED) is 0.500. The average molecular weight is 419 g/mol. The Bertz CT molecular complexity index is 880. The maximum absolute atomic E-state index is 12.7.